The van der Waals surface area contributed by atoms with Crippen molar-refractivity contribution in [3.05, 3.63) is 41.3 Å². The molecule has 4 nitrogen and oxygen atoms in total. The second kappa shape index (κ2) is 5.17. The van der Waals surface area contributed by atoms with Crippen LogP contribution in [0.15, 0.2) is 34.2 Å². The molecule has 0 amide bonds. The molecular weight excluding hydrogens is 298 g/mol. The Labute approximate surface area is 122 Å². The topological polar surface area (TPSA) is 61.3 Å². The van der Waals surface area contributed by atoms with Crippen molar-refractivity contribution in [3.63, 3.8) is 0 Å². The largest absolute Gasteiger partial charge is 0.496 e. The SMILES string of the molecule is COc1csc(-c2onc(N)c2-c2cc(F)cc(F)c2)c1. The Balaban J connectivity index is 2.16. The molecule has 1 aromatic carbocycles. The molecule has 21 heavy (non-hydrogen) atoms. The number of rotatable bonds is 3. The number of halogens is 2. The first-order valence-electron chi connectivity index (χ1n) is 5.93. The van der Waals surface area contributed by atoms with E-state index in [0.717, 1.165) is 6.07 Å². The minimum absolute atomic E-state index is 0.0716. The summed E-state index contributed by atoms with van der Waals surface area (Å²) in [4.78, 5) is 0.704. The highest BCUT2D eigenvalue weighted by atomic mass is 32.1. The van der Waals surface area contributed by atoms with Gasteiger partial charge in [-0.2, -0.15) is 0 Å². The summed E-state index contributed by atoms with van der Waals surface area (Å²) in [6.07, 6.45) is 0. The van der Waals surface area contributed by atoms with Gasteiger partial charge < -0.3 is 15.0 Å². The van der Waals surface area contributed by atoms with Gasteiger partial charge in [0.2, 0.25) is 0 Å². The zero-order chi connectivity index (χ0) is 15.0. The summed E-state index contributed by atoms with van der Waals surface area (Å²) in [5.74, 6) is -0.310. The van der Waals surface area contributed by atoms with Crippen LogP contribution in [-0.2, 0) is 0 Å². The van der Waals surface area contributed by atoms with Gasteiger partial charge in [-0.1, -0.05) is 5.16 Å². The zero-order valence-corrected chi connectivity index (χ0v) is 11.7. The van der Waals surface area contributed by atoms with Crippen LogP contribution in [0.5, 0.6) is 5.75 Å². The molecule has 3 aromatic rings. The molecule has 2 N–H and O–H groups in total. The van der Waals surface area contributed by atoms with E-state index in [1.54, 1.807) is 18.6 Å². The van der Waals surface area contributed by atoms with Crippen LogP contribution < -0.4 is 10.5 Å². The van der Waals surface area contributed by atoms with Crippen LogP contribution in [0.2, 0.25) is 0 Å². The highest BCUT2D eigenvalue weighted by molar-refractivity contribution is 7.13. The van der Waals surface area contributed by atoms with Crippen molar-refractivity contribution in [2.45, 2.75) is 0 Å². The minimum Gasteiger partial charge on any atom is -0.496 e. The maximum atomic E-state index is 13.4. The number of hydrogen-bond acceptors (Lipinski definition) is 5. The van der Waals surface area contributed by atoms with Crippen molar-refractivity contribution >= 4 is 17.2 Å². The van der Waals surface area contributed by atoms with Crippen LogP contribution in [0.1, 0.15) is 0 Å². The molecule has 0 bridgehead atoms. The molecule has 3 rings (SSSR count). The number of methoxy groups -OCH3 is 1. The maximum Gasteiger partial charge on any atom is 0.186 e. The van der Waals surface area contributed by atoms with Crippen molar-refractivity contribution < 1.29 is 18.0 Å². The Morgan fingerprint density at radius 3 is 2.52 bits per heavy atom. The standard InChI is InChI=1S/C14H10F2N2O2S/c1-19-10-5-11(21-6-10)13-12(14(17)18-20-13)7-2-8(15)4-9(16)3-7/h2-6H,1H3,(H2,17,18). The number of nitrogens with zero attached hydrogens (tertiary/aromatic N) is 1. The van der Waals surface area contributed by atoms with E-state index in [1.165, 1.54) is 23.5 Å². The molecule has 0 aliphatic rings. The van der Waals surface area contributed by atoms with Crippen LogP contribution in [0.4, 0.5) is 14.6 Å². The minimum atomic E-state index is -0.694. The van der Waals surface area contributed by atoms with E-state index in [-0.39, 0.29) is 11.4 Å². The summed E-state index contributed by atoms with van der Waals surface area (Å²) < 4.78 is 37.1. The van der Waals surface area contributed by atoms with Gasteiger partial charge in [0.1, 0.15) is 17.4 Å². The van der Waals surface area contributed by atoms with E-state index in [2.05, 4.69) is 5.16 Å². The van der Waals surface area contributed by atoms with Gasteiger partial charge >= 0.3 is 0 Å². The van der Waals surface area contributed by atoms with E-state index >= 15 is 0 Å². The van der Waals surface area contributed by atoms with E-state index < -0.39 is 11.6 Å². The predicted octanol–water partition coefficient (Wildman–Crippen LogP) is 3.94. The number of benzene rings is 1. The normalized spacial score (nSPS) is 10.8. The predicted molar refractivity (Wildman–Crippen MR) is 76.1 cm³/mol. The fourth-order valence-corrected chi connectivity index (χ4v) is 2.83. The van der Waals surface area contributed by atoms with Crippen molar-refractivity contribution in [3.8, 4) is 27.5 Å². The van der Waals surface area contributed by atoms with Crippen LogP contribution in [-0.4, -0.2) is 12.3 Å². The molecule has 7 heteroatoms. The second-order valence-corrected chi connectivity index (χ2v) is 5.19. The van der Waals surface area contributed by atoms with Crippen LogP contribution in [0.3, 0.4) is 0 Å². The average Bonchev–Trinajstić information content (AvgIpc) is 3.03. The monoisotopic (exact) mass is 308 g/mol. The van der Waals surface area contributed by atoms with Gasteiger partial charge in [-0.25, -0.2) is 8.78 Å². The number of thiophene rings is 1. The van der Waals surface area contributed by atoms with E-state index in [9.17, 15) is 8.78 Å². The van der Waals surface area contributed by atoms with Gasteiger partial charge in [0.25, 0.3) is 0 Å². The number of anilines is 1. The molecule has 108 valence electrons. The fraction of sp³-hybridized carbons (Fsp3) is 0.0714. The average molecular weight is 308 g/mol. The molecule has 0 unspecified atom stereocenters. The highest BCUT2D eigenvalue weighted by Gasteiger charge is 2.20. The lowest BCUT2D eigenvalue weighted by atomic mass is 10.0. The second-order valence-electron chi connectivity index (χ2n) is 4.28. The third-order valence-corrected chi connectivity index (χ3v) is 3.81. The summed E-state index contributed by atoms with van der Waals surface area (Å²) in [5, 5.41) is 5.47. The first-order valence-corrected chi connectivity index (χ1v) is 6.81. The summed E-state index contributed by atoms with van der Waals surface area (Å²) in [6, 6.07) is 4.89. The van der Waals surface area contributed by atoms with Crippen molar-refractivity contribution in [2.75, 3.05) is 12.8 Å². The van der Waals surface area contributed by atoms with Crippen molar-refractivity contribution in [1.82, 2.24) is 5.16 Å². The third kappa shape index (κ3) is 2.47. The molecule has 2 heterocycles. The molecule has 0 radical (unpaired) electrons. The van der Waals surface area contributed by atoms with Crippen LogP contribution in [0.25, 0.3) is 21.8 Å². The number of nitrogen functional groups attached to an aromatic ring is 1. The molecule has 0 saturated carbocycles. The van der Waals surface area contributed by atoms with Gasteiger partial charge in [0, 0.05) is 17.5 Å². The van der Waals surface area contributed by atoms with Gasteiger partial charge in [-0.3, -0.25) is 0 Å². The zero-order valence-electron chi connectivity index (χ0n) is 10.9. The van der Waals surface area contributed by atoms with Gasteiger partial charge in [-0.15, -0.1) is 11.3 Å². The fourth-order valence-electron chi connectivity index (χ4n) is 1.99. The van der Waals surface area contributed by atoms with Gasteiger partial charge in [0.15, 0.2) is 11.6 Å². The van der Waals surface area contributed by atoms with E-state index in [4.69, 9.17) is 15.0 Å². The van der Waals surface area contributed by atoms with Gasteiger partial charge in [-0.05, 0) is 17.7 Å². The molecule has 0 atom stereocenters. The third-order valence-electron chi connectivity index (χ3n) is 2.90. The molecule has 0 fully saturated rings. The summed E-state index contributed by atoms with van der Waals surface area (Å²) in [7, 11) is 1.55. The van der Waals surface area contributed by atoms with Gasteiger partial charge in [0.05, 0.1) is 17.6 Å². The summed E-state index contributed by atoms with van der Waals surface area (Å²) >= 11 is 1.36. The van der Waals surface area contributed by atoms with Crippen LogP contribution >= 0.6 is 11.3 Å². The summed E-state index contributed by atoms with van der Waals surface area (Å²) in [5.41, 5.74) is 6.40. The van der Waals surface area contributed by atoms with Crippen molar-refractivity contribution in [1.29, 1.82) is 0 Å². The number of aromatic nitrogens is 1. The Hall–Kier alpha value is -2.41. The van der Waals surface area contributed by atoms with Crippen LogP contribution in [0, 0.1) is 11.6 Å². The van der Waals surface area contributed by atoms with Crippen molar-refractivity contribution in [2.24, 2.45) is 0 Å². The first-order chi connectivity index (χ1) is 10.1. The number of nitrogens with two attached hydrogens (primary N) is 1. The quantitative estimate of drug-likeness (QED) is 0.796. The Kier molecular flexibility index (Phi) is 3.34. The lowest BCUT2D eigenvalue weighted by Crippen LogP contribution is -1.90. The number of ether oxygens (including phenoxy) is 1. The molecule has 0 aliphatic heterocycles. The Morgan fingerprint density at radius 1 is 1.19 bits per heavy atom. The Bertz CT molecular complexity index is 778. The Morgan fingerprint density at radius 2 is 1.90 bits per heavy atom. The lowest BCUT2D eigenvalue weighted by molar-refractivity contribution is 0.416. The molecule has 0 aliphatic carbocycles. The molecule has 0 spiro atoms. The van der Waals surface area contributed by atoms with E-state index in [1.807, 2.05) is 0 Å². The van der Waals surface area contributed by atoms with E-state index in [0.29, 0.717) is 22.0 Å². The number of hydrogen-bond donors (Lipinski definition) is 1. The first kappa shape index (κ1) is 13.6. The molecule has 2 aromatic heterocycles. The molecular formula is C14H10F2N2O2S. The lowest BCUT2D eigenvalue weighted by Gasteiger charge is -2.02. The molecule has 0 saturated heterocycles. The summed E-state index contributed by atoms with van der Waals surface area (Å²) in [6.45, 7) is 0. The highest BCUT2D eigenvalue weighted by Crippen LogP contribution is 2.40. The maximum absolute atomic E-state index is 13.4. The smallest absolute Gasteiger partial charge is 0.186 e.